The number of hydrogen-bond acceptors (Lipinski definition) is 6. The van der Waals surface area contributed by atoms with Gasteiger partial charge in [-0.2, -0.15) is 10.5 Å². The van der Waals surface area contributed by atoms with Gasteiger partial charge >= 0.3 is 5.97 Å². The summed E-state index contributed by atoms with van der Waals surface area (Å²) in [5, 5.41) is 26.7. The van der Waals surface area contributed by atoms with E-state index >= 15 is 0 Å². The molecule has 114 valence electrons. The number of nitrogens with zero attached hydrogens (tertiary/aromatic N) is 2. The molecule has 23 heavy (non-hydrogen) atoms. The number of thioether (sulfide) groups is 1. The largest absolute Gasteiger partial charge is 0.462 e. The average molecular weight is 323 g/mol. The first-order chi connectivity index (χ1) is 11.1. The van der Waals surface area contributed by atoms with Crippen LogP contribution in [0.15, 0.2) is 46.4 Å². The summed E-state index contributed by atoms with van der Waals surface area (Å²) in [6.07, 6.45) is 0.252. The lowest BCUT2D eigenvalue weighted by Gasteiger charge is -2.20. The molecule has 0 atom stereocenters. The third-order valence-electron chi connectivity index (χ3n) is 3.20. The standard InChI is InChI=1S/C17H13N3O2S/c1-2-22-17(21)14(10-19)15-8-12(11-6-4-3-5-7-11)13(9-18)16(20)23-15/h3-7,20H,2,8H2,1H3. The molecule has 2 rings (SSSR count). The maximum Gasteiger partial charge on any atom is 0.349 e. The second-order valence-electron chi connectivity index (χ2n) is 4.57. The van der Waals surface area contributed by atoms with Crippen molar-refractivity contribution in [3.8, 4) is 12.1 Å². The number of esters is 1. The first kappa shape index (κ1) is 16.5. The maximum atomic E-state index is 11.9. The molecule has 0 aliphatic carbocycles. The quantitative estimate of drug-likeness (QED) is 0.522. The Bertz CT molecular complexity index is 795. The van der Waals surface area contributed by atoms with Crippen LogP contribution in [0, 0.1) is 28.1 Å². The summed E-state index contributed by atoms with van der Waals surface area (Å²) in [5.41, 5.74) is 1.61. The molecule has 6 heteroatoms. The minimum Gasteiger partial charge on any atom is -0.462 e. The van der Waals surface area contributed by atoms with Crippen LogP contribution in [0.1, 0.15) is 18.9 Å². The highest BCUT2D eigenvalue weighted by atomic mass is 32.2. The molecule has 0 spiro atoms. The fourth-order valence-corrected chi connectivity index (χ4v) is 3.13. The first-order valence-electron chi connectivity index (χ1n) is 6.88. The minimum absolute atomic E-state index is 0.0321. The van der Waals surface area contributed by atoms with Gasteiger partial charge in [0.25, 0.3) is 0 Å². The third-order valence-corrected chi connectivity index (χ3v) is 4.20. The SMILES string of the molecule is CCOC(=O)C(C#N)=C1CC(c2ccccc2)=C(C#N)C(=N)S1. The van der Waals surface area contributed by atoms with Gasteiger partial charge < -0.3 is 4.74 Å². The molecule has 1 aliphatic rings. The molecular formula is C17H13N3O2S. The molecule has 0 unspecified atom stereocenters. The van der Waals surface area contributed by atoms with Crippen molar-refractivity contribution in [2.75, 3.05) is 6.61 Å². The molecule has 0 radical (unpaired) electrons. The number of carbonyl (C=O) groups is 1. The molecule has 1 aliphatic heterocycles. The summed E-state index contributed by atoms with van der Waals surface area (Å²) in [4.78, 5) is 12.3. The number of hydrogen-bond donors (Lipinski definition) is 1. The highest BCUT2D eigenvalue weighted by Gasteiger charge is 2.27. The number of allylic oxidation sites excluding steroid dienone is 2. The van der Waals surface area contributed by atoms with Crippen molar-refractivity contribution in [2.45, 2.75) is 13.3 Å². The fourth-order valence-electron chi connectivity index (χ4n) is 2.16. The lowest BCUT2D eigenvalue weighted by Crippen LogP contribution is -2.13. The predicted octanol–water partition coefficient (Wildman–Crippen LogP) is 3.42. The van der Waals surface area contributed by atoms with Crippen molar-refractivity contribution >= 4 is 28.3 Å². The van der Waals surface area contributed by atoms with Gasteiger partial charge in [-0.1, -0.05) is 42.1 Å². The second-order valence-corrected chi connectivity index (χ2v) is 5.67. The Labute approximate surface area is 138 Å². The van der Waals surface area contributed by atoms with Crippen molar-refractivity contribution in [1.82, 2.24) is 0 Å². The van der Waals surface area contributed by atoms with E-state index in [0.717, 1.165) is 17.3 Å². The number of nitriles is 2. The van der Waals surface area contributed by atoms with E-state index in [1.165, 1.54) is 0 Å². The van der Waals surface area contributed by atoms with Gasteiger partial charge in [-0.15, -0.1) is 0 Å². The van der Waals surface area contributed by atoms with Crippen LogP contribution >= 0.6 is 11.8 Å². The molecule has 1 N–H and O–H groups in total. The van der Waals surface area contributed by atoms with Crippen LogP contribution in [0.3, 0.4) is 0 Å². The van der Waals surface area contributed by atoms with Gasteiger partial charge in [0.15, 0.2) is 0 Å². The van der Waals surface area contributed by atoms with Crippen LogP contribution in [0.25, 0.3) is 5.57 Å². The van der Waals surface area contributed by atoms with Crippen LogP contribution in [-0.2, 0) is 9.53 Å². The highest BCUT2D eigenvalue weighted by molar-refractivity contribution is 8.17. The predicted molar refractivity (Wildman–Crippen MR) is 88.2 cm³/mol. The zero-order valence-electron chi connectivity index (χ0n) is 12.4. The highest BCUT2D eigenvalue weighted by Crippen LogP contribution is 2.41. The van der Waals surface area contributed by atoms with E-state index in [2.05, 4.69) is 0 Å². The smallest absolute Gasteiger partial charge is 0.349 e. The van der Waals surface area contributed by atoms with Crippen LogP contribution < -0.4 is 0 Å². The van der Waals surface area contributed by atoms with Crippen LogP contribution in [-0.4, -0.2) is 17.6 Å². The molecule has 0 fully saturated rings. The van der Waals surface area contributed by atoms with Crippen molar-refractivity contribution < 1.29 is 9.53 Å². The van der Waals surface area contributed by atoms with Gasteiger partial charge in [0.2, 0.25) is 0 Å². The van der Waals surface area contributed by atoms with Gasteiger partial charge in [-0.25, -0.2) is 4.79 Å². The normalized spacial score (nSPS) is 16.4. The Morgan fingerprint density at radius 2 is 2.04 bits per heavy atom. The second kappa shape index (κ2) is 7.44. The summed E-state index contributed by atoms with van der Waals surface area (Å²) >= 11 is 0.964. The molecule has 0 aromatic heterocycles. The Morgan fingerprint density at radius 1 is 1.35 bits per heavy atom. The summed E-state index contributed by atoms with van der Waals surface area (Å²) in [6.45, 7) is 1.83. The molecule has 0 amide bonds. The maximum absolute atomic E-state index is 11.9. The summed E-state index contributed by atoms with van der Waals surface area (Å²) in [6, 6.07) is 13.1. The van der Waals surface area contributed by atoms with E-state index in [0.29, 0.717) is 10.5 Å². The van der Waals surface area contributed by atoms with Gasteiger partial charge in [-0.05, 0) is 18.1 Å². The van der Waals surface area contributed by atoms with Crippen molar-refractivity contribution in [1.29, 1.82) is 15.9 Å². The van der Waals surface area contributed by atoms with Gasteiger partial charge in [-0.3, -0.25) is 5.41 Å². The zero-order valence-corrected chi connectivity index (χ0v) is 13.2. The van der Waals surface area contributed by atoms with Crippen LogP contribution in [0.5, 0.6) is 0 Å². The Kier molecular flexibility index (Phi) is 5.35. The Morgan fingerprint density at radius 3 is 2.61 bits per heavy atom. The average Bonchev–Trinajstić information content (AvgIpc) is 2.56. The zero-order chi connectivity index (χ0) is 16.8. The molecule has 0 bridgehead atoms. The molecular weight excluding hydrogens is 310 g/mol. The van der Waals surface area contributed by atoms with E-state index < -0.39 is 5.97 Å². The third kappa shape index (κ3) is 3.50. The van der Waals surface area contributed by atoms with Gasteiger partial charge in [0, 0.05) is 11.3 Å². The van der Waals surface area contributed by atoms with E-state index in [1.807, 2.05) is 42.5 Å². The number of ether oxygens (including phenoxy) is 1. The van der Waals surface area contributed by atoms with Crippen molar-refractivity contribution in [3.63, 3.8) is 0 Å². The lowest BCUT2D eigenvalue weighted by atomic mass is 9.96. The van der Waals surface area contributed by atoms with E-state index in [4.69, 9.17) is 10.1 Å². The minimum atomic E-state index is -0.696. The Hall–Kier alpha value is -2.83. The number of nitrogens with one attached hydrogen (secondary N) is 1. The van der Waals surface area contributed by atoms with Crippen LogP contribution in [0.2, 0.25) is 0 Å². The molecule has 0 saturated carbocycles. The Balaban J connectivity index is 2.54. The summed E-state index contributed by atoms with van der Waals surface area (Å²) in [7, 11) is 0. The van der Waals surface area contributed by atoms with E-state index in [-0.39, 0.29) is 29.2 Å². The lowest BCUT2D eigenvalue weighted by molar-refractivity contribution is -0.138. The summed E-state index contributed by atoms with van der Waals surface area (Å²) < 4.78 is 4.89. The van der Waals surface area contributed by atoms with Crippen molar-refractivity contribution in [3.05, 3.63) is 51.9 Å². The first-order valence-corrected chi connectivity index (χ1v) is 7.69. The van der Waals surface area contributed by atoms with Crippen molar-refractivity contribution in [2.24, 2.45) is 0 Å². The summed E-state index contributed by atoms with van der Waals surface area (Å²) in [5.74, 6) is -0.696. The monoisotopic (exact) mass is 323 g/mol. The van der Waals surface area contributed by atoms with Gasteiger partial charge in [0.1, 0.15) is 22.8 Å². The fraction of sp³-hybridized carbons (Fsp3) is 0.176. The molecule has 0 saturated heterocycles. The number of benzene rings is 1. The van der Waals surface area contributed by atoms with Crippen LogP contribution in [0.4, 0.5) is 0 Å². The van der Waals surface area contributed by atoms with Gasteiger partial charge in [0.05, 0.1) is 12.2 Å². The molecule has 1 aromatic rings. The van der Waals surface area contributed by atoms with E-state index in [9.17, 15) is 15.3 Å². The number of rotatable bonds is 3. The van der Waals surface area contributed by atoms with E-state index in [1.54, 1.807) is 6.92 Å². The number of carbonyl (C=O) groups excluding carboxylic acids is 1. The molecule has 1 aromatic carbocycles. The molecule has 1 heterocycles. The molecule has 5 nitrogen and oxygen atoms in total. The topological polar surface area (TPSA) is 97.7 Å².